The maximum absolute atomic E-state index is 12.6. The molecule has 0 aromatic heterocycles. The molecule has 1 aliphatic carbocycles. The van der Waals surface area contributed by atoms with Crippen LogP contribution in [0.4, 0.5) is 0 Å². The van der Waals surface area contributed by atoms with Gasteiger partial charge in [0.25, 0.3) is 0 Å². The molecule has 134 valence electrons. The Balaban J connectivity index is 1.90. The van der Waals surface area contributed by atoms with Crippen molar-refractivity contribution in [3.05, 3.63) is 11.6 Å². The van der Waals surface area contributed by atoms with Gasteiger partial charge in [0.1, 0.15) is 12.2 Å². The van der Waals surface area contributed by atoms with Crippen molar-refractivity contribution in [3.63, 3.8) is 0 Å². The van der Waals surface area contributed by atoms with Crippen molar-refractivity contribution < 1.29 is 23.8 Å². The Bertz CT molecular complexity index is 546. The number of allylic oxidation sites excluding steroid dienone is 1. The van der Waals surface area contributed by atoms with Crippen LogP contribution >= 0.6 is 0 Å². The third kappa shape index (κ3) is 3.10. The zero-order chi connectivity index (χ0) is 17.5. The van der Waals surface area contributed by atoms with Gasteiger partial charge >= 0.3 is 11.9 Å². The summed E-state index contributed by atoms with van der Waals surface area (Å²) in [6, 6.07) is 0. The summed E-state index contributed by atoms with van der Waals surface area (Å²) in [5, 5.41) is 0. The molecular weight excluding hydrogens is 308 g/mol. The first kappa shape index (κ1) is 17.5. The van der Waals surface area contributed by atoms with Crippen molar-refractivity contribution in [1.82, 2.24) is 0 Å². The van der Waals surface area contributed by atoms with Crippen LogP contribution in [0, 0.1) is 23.7 Å². The zero-order valence-corrected chi connectivity index (χ0v) is 15.0. The number of carbonyl (C=O) groups excluding carboxylic acids is 2. The van der Waals surface area contributed by atoms with E-state index in [0.29, 0.717) is 24.0 Å². The third-order valence-corrected chi connectivity index (χ3v) is 5.88. The van der Waals surface area contributed by atoms with Gasteiger partial charge in [-0.1, -0.05) is 26.8 Å². The number of fused-ring (bicyclic) bond motifs is 2. The average molecular weight is 336 g/mol. The highest BCUT2D eigenvalue weighted by Gasteiger charge is 2.62. The SMILES string of the molecule is CCC(C)OC(=O)C1=C[C@H]2[C@@H](C(C)C)CC[C@@]3(CO3)[C@H]2C(=O)OC1. The fraction of sp³-hybridized carbons (Fsp3) is 0.789. The molecule has 2 fully saturated rings. The van der Waals surface area contributed by atoms with E-state index >= 15 is 0 Å². The van der Waals surface area contributed by atoms with E-state index in [9.17, 15) is 9.59 Å². The quantitative estimate of drug-likeness (QED) is 0.583. The van der Waals surface area contributed by atoms with E-state index in [-0.39, 0.29) is 42.1 Å². The van der Waals surface area contributed by atoms with Gasteiger partial charge in [-0.25, -0.2) is 4.79 Å². The van der Waals surface area contributed by atoms with Gasteiger partial charge in [-0.3, -0.25) is 4.79 Å². The summed E-state index contributed by atoms with van der Waals surface area (Å²) in [5.74, 6) is -0.130. The van der Waals surface area contributed by atoms with E-state index < -0.39 is 0 Å². The van der Waals surface area contributed by atoms with Crippen LogP contribution < -0.4 is 0 Å². The molecule has 3 rings (SSSR count). The van der Waals surface area contributed by atoms with Crippen LogP contribution in [0.15, 0.2) is 11.6 Å². The Morgan fingerprint density at radius 1 is 1.42 bits per heavy atom. The minimum atomic E-state index is -0.364. The van der Waals surface area contributed by atoms with E-state index in [1.54, 1.807) is 0 Å². The van der Waals surface area contributed by atoms with Gasteiger partial charge in [0, 0.05) is 0 Å². The molecule has 5 heteroatoms. The van der Waals surface area contributed by atoms with Gasteiger partial charge in [0.05, 0.1) is 24.2 Å². The van der Waals surface area contributed by atoms with Crippen LogP contribution in [0.25, 0.3) is 0 Å². The van der Waals surface area contributed by atoms with Gasteiger partial charge in [-0.15, -0.1) is 0 Å². The second-order valence-corrected chi connectivity index (χ2v) is 7.78. The van der Waals surface area contributed by atoms with Crippen molar-refractivity contribution in [3.8, 4) is 0 Å². The predicted octanol–water partition coefficient (Wildman–Crippen LogP) is 2.88. The van der Waals surface area contributed by atoms with E-state index in [1.165, 1.54) is 0 Å². The Labute approximate surface area is 143 Å². The van der Waals surface area contributed by atoms with Crippen LogP contribution in [0.5, 0.6) is 0 Å². The number of hydrogen-bond acceptors (Lipinski definition) is 5. The number of ether oxygens (including phenoxy) is 3. The molecule has 1 unspecified atom stereocenters. The second kappa shape index (κ2) is 6.51. The van der Waals surface area contributed by atoms with Crippen LogP contribution in [0.2, 0.25) is 0 Å². The fourth-order valence-corrected chi connectivity index (χ4v) is 4.13. The Kier molecular flexibility index (Phi) is 4.73. The molecule has 0 amide bonds. The lowest BCUT2D eigenvalue weighted by Gasteiger charge is -2.40. The molecule has 5 atom stereocenters. The van der Waals surface area contributed by atoms with Crippen LogP contribution in [-0.2, 0) is 23.8 Å². The standard InChI is InChI=1S/C19H28O5/c1-5-12(4)24-17(20)13-8-15-14(11(2)3)6-7-19(10-23-19)16(15)18(21)22-9-13/h8,11-12,14-16H,5-7,9-10H2,1-4H3/t12?,14-,15+,16-,19-/m1/s1. The van der Waals surface area contributed by atoms with Crippen molar-refractivity contribution in [2.24, 2.45) is 23.7 Å². The molecule has 2 heterocycles. The number of cyclic esters (lactones) is 1. The van der Waals surface area contributed by atoms with Crippen LogP contribution in [0.1, 0.15) is 47.0 Å². The normalized spacial score (nSPS) is 36.5. The summed E-state index contributed by atoms with van der Waals surface area (Å²) in [6.45, 7) is 8.81. The first-order valence-electron chi connectivity index (χ1n) is 9.10. The number of rotatable bonds is 4. The van der Waals surface area contributed by atoms with Crippen molar-refractivity contribution in [2.45, 2.75) is 58.7 Å². The molecule has 1 spiro atoms. The molecule has 0 N–H and O–H groups in total. The van der Waals surface area contributed by atoms with Gasteiger partial charge in [0.2, 0.25) is 0 Å². The molecule has 0 radical (unpaired) electrons. The zero-order valence-electron chi connectivity index (χ0n) is 15.0. The topological polar surface area (TPSA) is 65.1 Å². The molecule has 0 bridgehead atoms. The molecule has 2 aliphatic heterocycles. The summed E-state index contributed by atoms with van der Waals surface area (Å²) in [7, 11) is 0. The average Bonchev–Trinajstić information content (AvgIpc) is 3.31. The number of esters is 2. The highest BCUT2D eigenvalue weighted by Crippen LogP contribution is 2.54. The molecule has 1 saturated heterocycles. The largest absolute Gasteiger partial charge is 0.460 e. The lowest BCUT2D eigenvalue weighted by atomic mass is 9.63. The summed E-state index contributed by atoms with van der Waals surface area (Å²) >= 11 is 0. The van der Waals surface area contributed by atoms with E-state index in [4.69, 9.17) is 14.2 Å². The highest BCUT2D eigenvalue weighted by molar-refractivity contribution is 5.90. The summed E-state index contributed by atoms with van der Waals surface area (Å²) in [5.41, 5.74) is 0.110. The van der Waals surface area contributed by atoms with E-state index in [2.05, 4.69) is 13.8 Å². The maximum atomic E-state index is 12.6. The second-order valence-electron chi connectivity index (χ2n) is 7.78. The van der Waals surface area contributed by atoms with E-state index in [0.717, 1.165) is 19.3 Å². The summed E-state index contributed by atoms with van der Waals surface area (Å²) < 4.78 is 16.6. The molecule has 24 heavy (non-hydrogen) atoms. The van der Waals surface area contributed by atoms with Gasteiger partial charge in [0.15, 0.2) is 0 Å². The third-order valence-electron chi connectivity index (χ3n) is 5.88. The molecular formula is C19H28O5. The van der Waals surface area contributed by atoms with Gasteiger partial charge in [-0.05, 0) is 43.9 Å². The van der Waals surface area contributed by atoms with Crippen molar-refractivity contribution >= 4 is 11.9 Å². The van der Waals surface area contributed by atoms with Crippen LogP contribution in [-0.4, -0.2) is 36.9 Å². The Hall–Kier alpha value is -1.36. The lowest BCUT2D eigenvalue weighted by Crippen LogP contribution is -2.45. The maximum Gasteiger partial charge on any atom is 0.337 e. The van der Waals surface area contributed by atoms with E-state index in [1.807, 2.05) is 19.9 Å². The van der Waals surface area contributed by atoms with Crippen molar-refractivity contribution in [2.75, 3.05) is 13.2 Å². The molecule has 0 aromatic carbocycles. The molecule has 5 nitrogen and oxygen atoms in total. The highest BCUT2D eigenvalue weighted by atomic mass is 16.6. The van der Waals surface area contributed by atoms with Gasteiger partial charge < -0.3 is 14.2 Å². The molecule has 0 aromatic rings. The number of hydrogen-bond donors (Lipinski definition) is 0. The van der Waals surface area contributed by atoms with Crippen LogP contribution in [0.3, 0.4) is 0 Å². The number of epoxide rings is 1. The summed E-state index contributed by atoms with van der Waals surface area (Å²) in [6.07, 6.45) is 4.48. The van der Waals surface area contributed by atoms with Gasteiger partial charge in [-0.2, -0.15) is 0 Å². The summed E-state index contributed by atoms with van der Waals surface area (Å²) in [4.78, 5) is 25.1. The Morgan fingerprint density at radius 2 is 2.12 bits per heavy atom. The predicted molar refractivity (Wildman–Crippen MR) is 88.1 cm³/mol. The molecule has 1 saturated carbocycles. The minimum Gasteiger partial charge on any atom is -0.460 e. The molecule has 3 aliphatic rings. The monoisotopic (exact) mass is 336 g/mol. The first-order chi connectivity index (χ1) is 11.4. The minimum absolute atomic E-state index is 0.00198. The Morgan fingerprint density at radius 3 is 2.71 bits per heavy atom. The number of carbonyl (C=O) groups is 2. The van der Waals surface area contributed by atoms with Crippen molar-refractivity contribution in [1.29, 1.82) is 0 Å². The lowest BCUT2D eigenvalue weighted by molar-refractivity contribution is -0.154. The first-order valence-corrected chi connectivity index (χ1v) is 9.10. The smallest absolute Gasteiger partial charge is 0.337 e. The fourth-order valence-electron chi connectivity index (χ4n) is 4.13.